The van der Waals surface area contributed by atoms with Crippen LogP contribution in [0.15, 0.2) is 164 Å². The van der Waals surface area contributed by atoms with Gasteiger partial charge in [-0.15, -0.1) is 11.3 Å². The van der Waals surface area contributed by atoms with Gasteiger partial charge in [-0.1, -0.05) is 146 Å². The standard InChI is InChI=1S/C43H27N3S/c1-4-12-29(13-5-1)36-27-37(46-43(45-36)32-16-8-3-9-17-32)30-22-20-28(21-23-30)33-24-25-34-38(26-33)44-41(31-14-6-2-7-15-31)42-40(34)35-18-10-11-19-39(35)47-42/h1-27H. The summed E-state index contributed by atoms with van der Waals surface area (Å²) in [7, 11) is 0. The Hall–Kier alpha value is -5.97. The number of benzene rings is 6. The van der Waals surface area contributed by atoms with Crippen LogP contribution in [0, 0.1) is 0 Å². The Morgan fingerprint density at radius 2 is 0.936 bits per heavy atom. The second-order valence-corrected chi connectivity index (χ2v) is 12.7. The summed E-state index contributed by atoms with van der Waals surface area (Å²) >= 11 is 1.82. The summed E-state index contributed by atoms with van der Waals surface area (Å²) in [4.78, 5) is 15.2. The highest BCUT2D eigenvalue weighted by molar-refractivity contribution is 7.26. The van der Waals surface area contributed by atoms with Crippen LogP contribution in [0.1, 0.15) is 0 Å². The molecule has 0 atom stereocenters. The molecule has 0 aliphatic rings. The summed E-state index contributed by atoms with van der Waals surface area (Å²) in [5, 5.41) is 3.74. The predicted molar refractivity (Wildman–Crippen MR) is 197 cm³/mol. The molecule has 4 heteroatoms. The van der Waals surface area contributed by atoms with Gasteiger partial charge < -0.3 is 0 Å². The van der Waals surface area contributed by atoms with E-state index in [1.165, 1.54) is 25.6 Å². The predicted octanol–water partition coefficient (Wildman–Crippen LogP) is 11.7. The lowest BCUT2D eigenvalue weighted by molar-refractivity contribution is 1.18. The van der Waals surface area contributed by atoms with Crippen LogP contribution < -0.4 is 0 Å². The van der Waals surface area contributed by atoms with Gasteiger partial charge in [0.15, 0.2) is 5.82 Å². The van der Waals surface area contributed by atoms with E-state index in [4.69, 9.17) is 15.0 Å². The Kier molecular flexibility index (Phi) is 6.65. The third-order valence-corrected chi connectivity index (χ3v) is 9.88. The molecule has 0 aliphatic heterocycles. The summed E-state index contributed by atoms with van der Waals surface area (Å²) in [6.07, 6.45) is 0. The smallest absolute Gasteiger partial charge is 0.160 e. The first-order valence-electron chi connectivity index (χ1n) is 15.7. The molecule has 0 spiro atoms. The van der Waals surface area contributed by atoms with Gasteiger partial charge in [0.1, 0.15) is 0 Å². The molecule has 9 aromatic rings. The minimum Gasteiger partial charge on any atom is -0.246 e. The second kappa shape index (κ2) is 11.4. The quantitative estimate of drug-likeness (QED) is 0.193. The van der Waals surface area contributed by atoms with Crippen LogP contribution >= 0.6 is 11.3 Å². The first kappa shape index (κ1) is 27.3. The van der Waals surface area contributed by atoms with Crippen LogP contribution in [0.25, 0.3) is 87.4 Å². The number of pyridine rings is 1. The molecule has 47 heavy (non-hydrogen) atoms. The van der Waals surface area contributed by atoms with Crippen LogP contribution in [0.5, 0.6) is 0 Å². The molecule has 0 radical (unpaired) electrons. The van der Waals surface area contributed by atoms with E-state index in [9.17, 15) is 0 Å². The topological polar surface area (TPSA) is 38.7 Å². The van der Waals surface area contributed by atoms with Crippen molar-refractivity contribution in [3.8, 4) is 56.3 Å². The fourth-order valence-corrected chi connectivity index (χ4v) is 7.59. The van der Waals surface area contributed by atoms with Crippen molar-refractivity contribution in [2.75, 3.05) is 0 Å². The SMILES string of the molecule is c1ccc(-c2cc(-c3ccc(-c4ccc5c(c4)nc(-c4ccccc4)c4sc6ccccc6c45)cc3)nc(-c3ccccc3)n2)cc1. The largest absolute Gasteiger partial charge is 0.246 e. The number of fused-ring (bicyclic) bond motifs is 5. The van der Waals surface area contributed by atoms with Gasteiger partial charge in [-0.3, -0.25) is 0 Å². The highest BCUT2D eigenvalue weighted by atomic mass is 32.1. The molecule has 220 valence electrons. The number of nitrogens with zero attached hydrogens (tertiary/aromatic N) is 3. The molecule has 0 saturated heterocycles. The van der Waals surface area contributed by atoms with Crippen molar-refractivity contribution in [3.63, 3.8) is 0 Å². The Morgan fingerprint density at radius 1 is 0.383 bits per heavy atom. The van der Waals surface area contributed by atoms with Crippen molar-refractivity contribution in [2.24, 2.45) is 0 Å². The molecule has 6 aromatic carbocycles. The lowest BCUT2D eigenvalue weighted by Gasteiger charge is -2.11. The summed E-state index contributed by atoms with van der Waals surface area (Å²) in [6, 6.07) is 57.1. The summed E-state index contributed by atoms with van der Waals surface area (Å²) in [5.74, 6) is 0.716. The Labute approximate surface area is 276 Å². The molecule has 0 aliphatic carbocycles. The number of rotatable bonds is 5. The minimum atomic E-state index is 0.716. The number of hydrogen-bond acceptors (Lipinski definition) is 4. The molecule has 0 unspecified atom stereocenters. The van der Waals surface area contributed by atoms with E-state index >= 15 is 0 Å². The van der Waals surface area contributed by atoms with Crippen molar-refractivity contribution in [3.05, 3.63) is 164 Å². The third-order valence-electron chi connectivity index (χ3n) is 8.70. The molecule has 0 bridgehead atoms. The molecule has 0 amide bonds. The van der Waals surface area contributed by atoms with Crippen LogP contribution in [0.3, 0.4) is 0 Å². The van der Waals surface area contributed by atoms with Crippen molar-refractivity contribution in [2.45, 2.75) is 0 Å². The lowest BCUT2D eigenvalue weighted by Crippen LogP contribution is -1.95. The van der Waals surface area contributed by atoms with Gasteiger partial charge in [0, 0.05) is 43.1 Å². The van der Waals surface area contributed by atoms with Crippen LogP contribution in [-0.2, 0) is 0 Å². The fraction of sp³-hybridized carbons (Fsp3) is 0. The Morgan fingerprint density at radius 3 is 1.64 bits per heavy atom. The van der Waals surface area contributed by atoms with Gasteiger partial charge in [0.25, 0.3) is 0 Å². The van der Waals surface area contributed by atoms with Crippen molar-refractivity contribution in [1.82, 2.24) is 15.0 Å². The zero-order valence-corrected chi connectivity index (χ0v) is 26.2. The second-order valence-electron chi connectivity index (χ2n) is 11.6. The maximum atomic E-state index is 5.29. The molecule has 3 nitrogen and oxygen atoms in total. The number of aromatic nitrogens is 3. The Balaban J connectivity index is 1.15. The summed E-state index contributed by atoms with van der Waals surface area (Å²) in [6.45, 7) is 0. The minimum absolute atomic E-state index is 0.716. The summed E-state index contributed by atoms with van der Waals surface area (Å²) < 4.78 is 2.51. The monoisotopic (exact) mass is 617 g/mol. The van der Waals surface area contributed by atoms with E-state index < -0.39 is 0 Å². The third kappa shape index (κ3) is 4.96. The highest BCUT2D eigenvalue weighted by Gasteiger charge is 2.17. The van der Waals surface area contributed by atoms with E-state index in [2.05, 4.69) is 127 Å². The van der Waals surface area contributed by atoms with Crippen LogP contribution in [-0.4, -0.2) is 15.0 Å². The van der Waals surface area contributed by atoms with Crippen molar-refractivity contribution in [1.29, 1.82) is 0 Å². The van der Waals surface area contributed by atoms with Crippen LogP contribution in [0.4, 0.5) is 0 Å². The fourth-order valence-electron chi connectivity index (χ4n) is 6.36. The molecular formula is C43H27N3S. The van der Waals surface area contributed by atoms with E-state index in [1.54, 1.807) is 0 Å². The van der Waals surface area contributed by atoms with Crippen molar-refractivity contribution >= 4 is 42.4 Å². The molecule has 0 N–H and O–H groups in total. The number of hydrogen-bond donors (Lipinski definition) is 0. The van der Waals surface area contributed by atoms with Gasteiger partial charge in [0.05, 0.1) is 27.3 Å². The zero-order valence-electron chi connectivity index (χ0n) is 25.3. The summed E-state index contributed by atoms with van der Waals surface area (Å²) in [5.41, 5.74) is 10.3. The molecule has 3 aromatic heterocycles. The highest BCUT2D eigenvalue weighted by Crippen LogP contribution is 2.43. The first-order valence-corrected chi connectivity index (χ1v) is 16.5. The zero-order chi connectivity index (χ0) is 31.2. The van der Waals surface area contributed by atoms with Gasteiger partial charge in [-0.2, -0.15) is 0 Å². The van der Waals surface area contributed by atoms with E-state index in [1.807, 2.05) is 47.7 Å². The molecular weight excluding hydrogens is 591 g/mol. The average molecular weight is 618 g/mol. The van der Waals surface area contributed by atoms with E-state index in [0.717, 1.165) is 56.0 Å². The van der Waals surface area contributed by atoms with E-state index in [0.29, 0.717) is 5.82 Å². The lowest BCUT2D eigenvalue weighted by atomic mass is 9.98. The average Bonchev–Trinajstić information content (AvgIpc) is 3.55. The normalized spacial score (nSPS) is 11.4. The number of thiophene rings is 1. The molecule has 3 heterocycles. The molecule has 9 rings (SSSR count). The van der Waals surface area contributed by atoms with Crippen LogP contribution in [0.2, 0.25) is 0 Å². The first-order chi connectivity index (χ1) is 23.3. The van der Waals surface area contributed by atoms with Gasteiger partial charge in [-0.25, -0.2) is 15.0 Å². The Bertz CT molecular complexity index is 2480. The van der Waals surface area contributed by atoms with Crippen molar-refractivity contribution < 1.29 is 0 Å². The van der Waals surface area contributed by atoms with Gasteiger partial charge >= 0.3 is 0 Å². The maximum Gasteiger partial charge on any atom is 0.160 e. The van der Waals surface area contributed by atoms with Gasteiger partial charge in [0.2, 0.25) is 0 Å². The maximum absolute atomic E-state index is 5.29. The van der Waals surface area contributed by atoms with Gasteiger partial charge in [-0.05, 0) is 29.3 Å². The molecule has 0 saturated carbocycles. The van der Waals surface area contributed by atoms with E-state index in [-0.39, 0.29) is 0 Å². The molecule has 0 fully saturated rings.